The Bertz CT molecular complexity index is 675. The van der Waals surface area contributed by atoms with Gasteiger partial charge >= 0.3 is 0 Å². The average molecular weight is 753 g/mol. The summed E-state index contributed by atoms with van der Waals surface area (Å²) in [5.74, 6) is 5.72. The molecule has 2 nitrogen and oxygen atoms in total. The number of hydrogen-bond donors (Lipinski definition) is 0. The maximum atomic E-state index is 2.64. The highest BCUT2D eigenvalue weighted by Crippen LogP contribution is 2.45. The molecule has 0 amide bonds. The Hall–Kier alpha value is 0.620. The number of rotatable bonds is 43. The van der Waals surface area contributed by atoms with Crippen molar-refractivity contribution in [3.8, 4) is 0 Å². The van der Waals surface area contributed by atoms with E-state index in [1.165, 1.54) is 230 Å². The lowest BCUT2D eigenvalue weighted by atomic mass is 9.91. The predicted molar refractivity (Wildman–Crippen MR) is 240 cm³/mol. The Morgan fingerprint density at radius 3 is 1.18 bits per heavy atom. The number of hydrogen-bond acceptors (Lipinski definition) is 4. The normalized spacial score (nSPS) is 16.5. The predicted octanol–water partition coefficient (Wildman–Crippen LogP) is 16.0. The Labute approximate surface area is 332 Å². The molecular weight excluding hydrogens is 657 g/mol. The van der Waals surface area contributed by atoms with Crippen LogP contribution in [0.25, 0.3) is 0 Å². The van der Waals surface area contributed by atoms with Crippen LogP contribution in [-0.4, -0.2) is 61.6 Å². The van der Waals surface area contributed by atoms with Gasteiger partial charge in [0, 0.05) is 24.6 Å². The van der Waals surface area contributed by atoms with Gasteiger partial charge in [0.15, 0.2) is 0 Å². The van der Waals surface area contributed by atoms with E-state index in [1.54, 1.807) is 19.3 Å². The van der Waals surface area contributed by atoms with Crippen molar-refractivity contribution in [3.63, 3.8) is 0 Å². The summed E-state index contributed by atoms with van der Waals surface area (Å²) >= 11 is 0. The average Bonchev–Trinajstić information content (AvgIpc) is 3.89. The van der Waals surface area contributed by atoms with Crippen molar-refractivity contribution in [2.45, 2.75) is 233 Å². The highest BCUT2D eigenvalue weighted by molar-refractivity contribution is 8.76. The van der Waals surface area contributed by atoms with Crippen LogP contribution in [0, 0.1) is 17.8 Å². The van der Waals surface area contributed by atoms with Gasteiger partial charge in [0.05, 0.1) is 0 Å². The van der Waals surface area contributed by atoms with Gasteiger partial charge in [0.1, 0.15) is 0 Å². The first-order valence-corrected chi connectivity index (χ1v) is 26.2. The summed E-state index contributed by atoms with van der Waals surface area (Å²) in [6, 6.07) is 0. The van der Waals surface area contributed by atoms with Gasteiger partial charge in [-0.25, -0.2) is 0 Å². The topological polar surface area (TPSA) is 6.48 Å². The summed E-state index contributed by atoms with van der Waals surface area (Å²) in [6.45, 7) is 12.0. The Balaban J connectivity index is 2.09. The highest BCUT2D eigenvalue weighted by Gasteiger charge is 2.35. The van der Waals surface area contributed by atoms with Gasteiger partial charge in [-0.15, -0.1) is 0 Å². The minimum Gasteiger partial charge on any atom is -0.306 e. The summed E-state index contributed by atoms with van der Waals surface area (Å²) in [5.41, 5.74) is 0. The lowest BCUT2D eigenvalue weighted by molar-refractivity contribution is 0.290. The zero-order chi connectivity index (χ0) is 36.9. The molecule has 4 heteroatoms. The van der Waals surface area contributed by atoms with Gasteiger partial charge in [0.25, 0.3) is 0 Å². The van der Waals surface area contributed by atoms with Crippen molar-refractivity contribution in [2.75, 3.05) is 51.8 Å². The zero-order valence-corrected chi connectivity index (χ0v) is 37.7. The second-order valence-corrected chi connectivity index (χ2v) is 20.0. The standard InChI is InChI=1S/C47H96N2S2/c1-6-9-12-15-18-19-21-27-32-38-48(4)40-42-50-51-43-41-49(5)39-37-45(33-28-23-20-16-13-10-7-2)34-29-24-22-26-31-36-47-44-46(47)35-30-25-17-14-11-8-3/h45-47H,6-44H2,1-5H3. The van der Waals surface area contributed by atoms with Crippen molar-refractivity contribution >= 4 is 21.6 Å². The molecule has 0 bridgehead atoms. The van der Waals surface area contributed by atoms with Crippen LogP contribution in [0.15, 0.2) is 0 Å². The summed E-state index contributed by atoms with van der Waals surface area (Å²) in [6.07, 6.45) is 48.3. The third-order valence-electron chi connectivity index (χ3n) is 12.2. The van der Waals surface area contributed by atoms with Gasteiger partial charge in [0.2, 0.25) is 0 Å². The van der Waals surface area contributed by atoms with Crippen LogP contribution >= 0.6 is 21.6 Å². The molecule has 0 aromatic rings. The lowest BCUT2D eigenvalue weighted by Crippen LogP contribution is -2.24. The van der Waals surface area contributed by atoms with Crippen LogP contribution < -0.4 is 0 Å². The minimum absolute atomic E-state index is 0.959. The fourth-order valence-corrected chi connectivity index (χ4v) is 10.4. The first-order valence-electron chi connectivity index (χ1n) is 23.7. The highest BCUT2D eigenvalue weighted by atomic mass is 33.1. The molecule has 51 heavy (non-hydrogen) atoms. The van der Waals surface area contributed by atoms with Crippen molar-refractivity contribution in [1.82, 2.24) is 9.80 Å². The van der Waals surface area contributed by atoms with E-state index in [0.717, 1.165) is 17.8 Å². The molecule has 3 atom stereocenters. The third-order valence-corrected chi connectivity index (χ3v) is 14.5. The summed E-state index contributed by atoms with van der Waals surface area (Å²) in [5, 5.41) is 0. The first-order chi connectivity index (χ1) is 25.1. The van der Waals surface area contributed by atoms with E-state index in [9.17, 15) is 0 Å². The molecule has 0 radical (unpaired) electrons. The Kier molecular flexibility index (Phi) is 37.8. The number of unbranched alkanes of at least 4 members (excludes halogenated alkanes) is 23. The van der Waals surface area contributed by atoms with E-state index < -0.39 is 0 Å². The van der Waals surface area contributed by atoms with Gasteiger partial charge in [-0.05, 0) is 64.2 Å². The number of nitrogens with zero attached hydrogens (tertiary/aromatic N) is 2. The van der Waals surface area contributed by atoms with Crippen LogP contribution in [-0.2, 0) is 0 Å². The van der Waals surface area contributed by atoms with E-state index >= 15 is 0 Å². The smallest absolute Gasteiger partial charge is 0.0165 e. The zero-order valence-electron chi connectivity index (χ0n) is 36.0. The molecule has 1 aliphatic carbocycles. The Morgan fingerprint density at radius 1 is 0.392 bits per heavy atom. The molecule has 0 aromatic heterocycles. The van der Waals surface area contributed by atoms with Crippen LogP contribution in [0.3, 0.4) is 0 Å². The molecule has 0 aliphatic heterocycles. The molecule has 0 heterocycles. The molecule has 0 N–H and O–H groups in total. The molecule has 1 rings (SSSR count). The molecule has 0 spiro atoms. The van der Waals surface area contributed by atoms with E-state index in [4.69, 9.17) is 0 Å². The van der Waals surface area contributed by atoms with E-state index in [1.807, 2.05) is 0 Å². The van der Waals surface area contributed by atoms with Crippen molar-refractivity contribution in [1.29, 1.82) is 0 Å². The third kappa shape index (κ3) is 34.8. The monoisotopic (exact) mass is 753 g/mol. The van der Waals surface area contributed by atoms with Gasteiger partial charge in [-0.3, -0.25) is 0 Å². The largest absolute Gasteiger partial charge is 0.306 e. The van der Waals surface area contributed by atoms with Crippen LogP contribution in [0.2, 0.25) is 0 Å². The Morgan fingerprint density at radius 2 is 0.745 bits per heavy atom. The fourth-order valence-electron chi connectivity index (χ4n) is 8.22. The summed E-state index contributed by atoms with van der Waals surface area (Å²) < 4.78 is 0. The lowest BCUT2D eigenvalue weighted by Gasteiger charge is -2.22. The van der Waals surface area contributed by atoms with Crippen molar-refractivity contribution in [2.24, 2.45) is 17.8 Å². The molecule has 306 valence electrons. The minimum atomic E-state index is 0.959. The molecule has 0 saturated heterocycles. The second kappa shape index (κ2) is 38.9. The molecule has 0 aromatic carbocycles. The molecule has 1 aliphatic rings. The second-order valence-electron chi connectivity index (χ2n) is 17.3. The van der Waals surface area contributed by atoms with Crippen molar-refractivity contribution in [3.05, 3.63) is 0 Å². The van der Waals surface area contributed by atoms with Crippen LogP contribution in [0.4, 0.5) is 0 Å². The van der Waals surface area contributed by atoms with Gasteiger partial charge in [-0.1, -0.05) is 235 Å². The van der Waals surface area contributed by atoms with E-state index in [2.05, 4.69) is 66.3 Å². The molecule has 1 fully saturated rings. The molecule has 3 unspecified atom stereocenters. The van der Waals surface area contributed by atoms with Gasteiger partial charge < -0.3 is 9.80 Å². The van der Waals surface area contributed by atoms with E-state index in [0.29, 0.717) is 0 Å². The fraction of sp³-hybridized carbons (Fsp3) is 1.00. The summed E-state index contributed by atoms with van der Waals surface area (Å²) in [7, 11) is 8.92. The van der Waals surface area contributed by atoms with Crippen LogP contribution in [0.1, 0.15) is 233 Å². The molecular formula is C47H96N2S2. The quantitative estimate of drug-likeness (QED) is 0.0452. The van der Waals surface area contributed by atoms with Crippen LogP contribution in [0.5, 0.6) is 0 Å². The maximum absolute atomic E-state index is 2.64. The SMILES string of the molecule is CCCCCCCCCCCN(C)CCSSCCN(C)CCC(CCCCCCCCC)CCCCCCCC1CC1CCCCCCCC. The van der Waals surface area contributed by atoms with Crippen molar-refractivity contribution < 1.29 is 0 Å². The summed E-state index contributed by atoms with van der Waals surface area (Å²) in [4.78, 5) is 5.20. The maximum Gasteiger partial charge on any atom is 0.0165 e. The van der Waals surface area contributed by atoms with E-state index in [-0.39, 0.29) is 0 Å². The first kappa shape index (κ1) is 49.6. The van der Waals surface area contributed by atoms with Gasteiger partial charge in [-0.2, -0.15) is 0 Å². The molecule has 1 saturated carbocycles.